The van der Waals surface area contributed by atoms with Crippen LogP contribution in [0.5, 0.6) is 0 Å². The molecule has 0 unspecified atom stereocenters. The van der Waals surface area contributed by atoms with Crippen molar-refractivity contribution in [1.29, 1.82) is 0 Å². The number of aromatic nitrogens is 2. The normalized spacial score (nSPS) is 11.7. The van der Waals surface area contributed by atoms with Crippen LogP contribution in [0.15, 0.2) is 6.07 Å². The number of alkyl halides is 3. The first-order valence-electron chi connectivity index (χ1n) is 3.63. The lowest BCUT2D eigenvalue weighted by atomic mass is 10.4. The van der Waals surface area contributed by atoms with E-state index in [9.17, 15) is 0 Å². The van der Waals surface area contributed by atoms with Crippen molar-refractivity contribution < 1.29 is 4.74 Å². The number of methoxy groups -OCH3 is 1. The summed E-state index contributed by atoms with van der Waals surface area (Å²) in [7, 11) is 1.54. The maximum Gasteiger partial charge on any atom is 0.250 e. The molecule has 0 aromatic carbocycles. The minimum atomic E-state index is -1.67. The maximum atomic E-state index is 5.61. The van der Waals surface area contributed by atoms with Crippen molar-refractivity contribution in [2.45, 2.75) is 10.4 Å². The lowest BCUT2D eigenvalue weighted by Crippen LogP contribution is -2.11. The first kappa shape index (κ1) is 11.8. The molecule has 0 aliphatic carbocycles. The third kappa shape index (κ3) is 3.13. The number of hydrogen-bond acceptors (Lipinski definition) is 4. The van der Waals surface area contributed by atoms with Gasteiger partial charge in [0.15, 0.2) is 5.82 Å². The predicted molar refractivity (Wildman–Crippen MR) is 56.4 cm³/mol. The van der Waals surface area contributed by atoms with Gasteiger partial charge in [0.05, 0.1) is 12.3 Å². The van der Waals surface area contributed by atoms with Gasteiger partial charge in [0.25, 0.3) is 0 Å². The zero-order valence-corrected chi connectivity index (χ0v) is 9.57. The van der Waals surface area contributed by atoms with E-state index in [1.165, 1.54) is 7.11 Å². The number of nitrogens with two attached hydrogens (primary N) is 1. The molecule has 0 radical (unpaired) electrons. The van der Waals surface area contributed by atoms with Crippen LogP contribution >= 0.6 is 34.8 Å². The van der Waals surface area contributed by atoms with E-state index in [0.717, 1.165) is 0 Å². The summed E-state index contributed by atoms with van der Waals surface area (Å²) in [4.78, 5) is 7.79. The molecule has 0 fully saturated rings. The minimum Gasteiger partial charge on any atom is -0.384 e. The molecule has 0 aliphatic rings. The Morgan fingerprint density at radius 2 is 2.07 bits per heavy atom. The molecular weight excluding hydrogens is 248 g/mol. The van der Waals surface area contributed by atoms with Crippen molar-refractivity contribution >= 4 is 40.6 Å². The molecule has 0 spiro atoms. The van der Waals surface area contributed by atoms with Crippen LogP contribution in [0.3, 0.4) is 0 Å². The van der Waals surface area contributed by atoms with E-state index in [1.54, 1.807) is 6.07 Å². The Morgan fingerprint density at radius 3 is 2.57 bits per heavy atom. The van der Waals surface area contributed by atoms with Crippen LogP contribution < -0.4 is 5.73 Å². The highest BCUT2D eigenvalue weighted by atomic mass is 35.6. The van der Waals surface area contributed by atoms with E-state index in [0.29, 0.717) is 12.3 Å². The molecule has 4 nitrogen and oxygen atoms in total. The molecule has 0 aliphatic heterocycles. The van der Waals surface area contributed by atoms with E-state index in [1.807, 2.05) is 0 Å². The molecule has 7 heteroatoms. The molecule has 78 valence electrons. The fourth-order valence-corrected chi connectivity index (χ4v) is 1.12. The van der Waals surface area contributed by atoms with Gasteiger partial charge in [-0.25, -0.2) is 9.97 Å². The number of anilines is 1. The Morgan fingerprint density at radius 1 is 1.43 bits per heavy atom. The van der Waals surface area contributed by atoms with Crippen molar-refractivity contribution in [2.75, 3.05) is 12.8 Å². The summed E-state index contributed by atoms with van der Waals surface area (Å²) in [5.41, 5.74) is 6.07. The molecule has 0 saturated carbocycles. The van der Waals surface area contributed by atoms with Gasteiger partial charge in [0.1, 0.15) is 5.82 Å². The minimum absolute atomic E-state index is 0.0505. The van der Waals surface area contributed by atoms with Gasteiger partial charge >= 0.3 is 0 Å². The van der Waals surface area contributed by atoms with Gasteiger partial charge in [0.2, 0.25) is 3.79 Å². The number of rotatable bonds is 2. The molecule has 0 bridgehead atoms. The average molecular weight is 257 g/mol. The smallest absolute Gasteiger partial charge is 0.250 e. The summed E-state index contributed by atoms with van der Waals surface area (Å²) in [6.45, 7) is 0.292. The Hall–Kier alpha value is -0.290. The van der Waals surface area contributed by atoms with Gasteiger partial charge in [0, 0.05) is 13.2 Å². The molecule has 0 saturated heterocycles. The molecule has 1 rings (SSSR count). The Kier molecular flexibility index (Phi) is 3.78. The third-order valence-electron chi connectivity index (χ3n) is 1.34. The first-order valence-corrected chi connectivity index (χ1v) is 4.76. The van der Waals surface area contributed by atoms with Crippen LogP contribution in [0, 0.1) is 0 Å². The fourth-order valence-electron chi connectivity index (χ4n) is 0.867. The Labute approximate surface area is 96.3 Å². The van der Waals surface area contributed by atoms with Crippen molar-refractivity contribution in [3.05, 3.63) is 17.6 Å². The van der Waals surface area contributed by atoms with Gasteiger partial charge in [-0.05, 0) is 0 Å². The second-order valence-corrected chi connectivity index (χ2v) is 4.82. The average Bonchev–Trinajstić information content (AvgIpc) is 2.02. The van der Waals surface area contributed by atoms with Gasteiger partial charge in [-0.1, -0.05) is 34.8 Å². The van der Waals surface area contributed by atoms with Gasteiger partial charge in [-0.3, -0.25) is 0 Å². The van der Waals surface area contributed by atoms with Gasteiger partial charge in [-0.15, -0.1) is 0 Å². The topological polar surface area (TPSA) is 61.0 Å². The van der Waals surface area contributed by atoms with E-state index >= 15 is 0 Å². The molecule has 1 aromatic rings. The highest BCUT2D eigenvalue weighted by Gasteiger charge is 2.27. The zero-order valence-electron chi connectivity index (χ0n) is 7.30. The zero-order chi connectivity index (χ0) is 10.8. The number of hydrogen-bond donors (Lipinski definition) is 1. The molecule has 1 aromatic heterocycles. The summed E-state index contributed by atoms with van der Waals surface area (Å²) < 4.78 is 3.21. The van der Waals surface area contributed by atoms with Crippen LogP contribution in [0.2, 0.25) is 0 Å². The van der Waals surface area contributed by atoms with Crippen LogP contribution in [0.4, 0.5) is 5.82 Å². The SMILES string of the molecule is COCc1cc(N)nc(C(Cl)(Cl)Cl)n1. The molecule has 2 N–H and O–H groups in total. The largest absolute Gasteiger partial charge is 0.384 e. The molecule has 14 heavy (non-hydrogen) atoms. The fraction of sp³-hybridized carbons (Fsp3) is 0.429. The van der Waals surface area contributed by atoms with Crippen LogP contribution in [-0.4, -0.2) is 17.1 Å². The summed E-state index contributed by atoms with van der Waals surface area (Å²) >= 11 is 16.8. The summed E-state index contributed by atoms with van der Waals surface area (Å²) in [6, 6.07) is 1.56. The van der Waals surface area contributed by atoms with Crippen LogP contribution in [-0.2, 0) is 15.1 Å². The van der Waals surface area contributed by atoms with Crippen molar-refractivity contribution in [3.63, 3.8) is 0 Å². The quantitative estimate of drug-likeness (QED) is 0.823. The number of ether oxygens (including phenoxy) is 1. The molecule has 1 heterocycles. The monoisotopic (exact) mass is 255 g/mol. The van der Waals surface area contributed by atoms with E-state index in [-0.39, 0.29) is 11.6 Å². The molecule has 0 amide bonds. The van der Waals surface area contributed by atoms with Crippen molar-refractivity contribution in [1.82, 2.24) is 9.97 Å². The second kappa shape index (κ2) is 4.49. The van der Waals surface area contributed by atoms with Crippen LogP contribution in [0.25, 0.3) is 0 Å². The maximum absolute atomic E-state index is 5.61. The number of nitrogens with zero attached hydrogens (tertiary/aromatic N) is 2. The standard InChI is InChI=1S/C7H8Cl3N3O/c1-14-3-4-2-5(11)13-6(12-4)7(8,9)10/h2H,3H2,1H3,(H2,11,12,13). The van der Waals surface area contributed by atoms with Crippen molar-refractivity contribution in [3.8, 4) is 0 Å². The highest BCUT2D eigenvalue weighted by molar-refractivity contribution is 6.66. The second-order valence-electron chi connectivity index (χ2n) is 2.54. The summed E-state index contributed by atoms with van der Waals surface area (Å²) in [5, 5.41) is 0. The number of nitrogen functional groups attached to an aromatic ring is 1. The lowest BCUT2D eigenvalue weighted by molar-refractivity contribution is 0.181. The van der Waals surface area contributed by atoms with Crippen molar-refractivity contribution in [2.24, 2.45) is 0 Å². The highest BCUT2D eigenvalue weighted by Crippen LogP contribution is 2.36. The van der Waals surface area contributed by atoms with Gasteiger partial charge < -0.3 is 10.5 Å². The first-order chi connectivity index (χ1) is 6.43. The summed E-state index contributed by atoms with van der Waals surface area (Å²) in [6.07, 6.45) is 0. The van der Waals surface area contributed by atoms with Gasteiger partial charge in [-0.2, -0.15) is 0 Å². The lowest BCUT2D eigenvalue weighted by Gasteiger charge is -2.10. The Bertz CT molecular complexity index is 326. The van der Waals surface area contributed by atoms with Crippen LogP contribution in [0.1, 0.15) is 11.5 Å². The summed E-state index contributed by atoms with van der Waals surface area (Å²) in [5.74, 6) is 0.294. The van der Waals surface area contributed by atoms with E-state index in [4.69, 9.17) is 45.3 Å². The van der Waals surface area contributed by atoms with E-state index < -0.39 is 3.79 Å². The molecule has 0 atom stereocenters. The number of halogens is 3. The van der Waals surface area contributed by atoms with E-state index in [2.05, 4.69) is 9.97 Å². The predicted octanol–water partition coefficient (Wildman–Crippen LogP) is 2.03. The third-order valence-corrected chi connectivity index (χ3v) is 1.85. The Balaban J connectivity index is 3.07. The molecular formula is C7H8Cl3N3O.